The molecule has 2 aromatic heterocycles. The van der Waals surface area contributed by atoms with Gasteiger partial charge < -0.3 is 14.6 Å². The van der Waals surface area contributed by atoms with Crippen molar-refractivity contribution in [3.05, 3.63) is 59.4 Å². The number of nitrogens with one attached hydrogen (secondary N) is 1. The Morgan fingerprint density at radius 1 is 1.16 bits per heavy atom. The largest absolute Gasteiger partial charge is 0.463 e. The predicted molar refractivity (Wildman–Crippen MR) is 118 cm³/mol. The minimum absolute atomic E-state index is 0.215. The SMILES string of the molecule is O=C(NCCCN1CCCCCC1=O)c1cc(-c2ccco2)n(-c2cccc(Cl)c2)n1. The molecule has 3 heterocycles. The van der Waals surface area contributed by atoms with E-state index in [4.69, 9.17) is 16.0 Å². The maximum atomic E-state index is 12.7. The first-order valence-electron chi connectivity index (χ1n) is 10.6. The number of carbonyl (C=O) groups excluding carboxylic acids is 2. The minimum atomic E-state index is -0.268. The van der Waals surface area contributed by atoms with Crippen LogP contribution >= 0.6 is 11.6 Å². The third-order valence-electron chi connectivity index (χ3n) is 5.33. The number of hydrogen-bond acceptors (Lipinski definition) is 4. The Kier molecular flexibility index (Phi) is 6.72. The van der Waals surface area contributed by atoms with Gasteiger partial charge in [-0.3, -0.25) is 9.59 Å². The fraction of sp³-hybridized carbons (Fsp3) is 0.348. The standard InChI is InChI=1S/C23H25ClN4O3/c24-17-7-4-8-18(15-17)28-20(21-9-5-14-31-21)16-19(26-28)23(30)25-11-6-13-27-12-3-1-2-10-22(27)29/h4-5,7-9,14-16H,1-3,6,10-13H2,(H,25,30). The number of carbonyl (C=O) groups is 2. The molecule has 1 fully saturated rings. The molecule has 3 aromatic rings. The minimum Gasteiger partial charge on any atom is -0.463 e. The summed E-state index contributed by atoms with van der Waals surface area (Å²) in [5.74, 6) is 0.550. The number of amides is 2. The number of nitrogens with zero attached hydrogens (tertiary/aromatic N) is 3. The lowest BCUT2D eigenvalue weighted by molar-refractivity contribution is -0.130. The van der Waals surface area contributed by atoms with Crippen molar-refractivity contribution in [2.75, 3.05) is 19.6 Å². The van der Waals surface area contributed by atoms with Gasteiger partial charge in [0.1, 0.15) is 5.69 Å². The summed E-state index contributed by atoms with van der Waals surface area (Å²) in [6.45, 7) is 1.94. The second-order valence-electron chi connectivity index (χ2n) is 7.58. The maximum Gasteiger partial charge on any atom is 0.271 e. The Bertz CT molecular complexity index is 1050. The van der Waals surface area contributed by atoms with Crippen LogP contribution in [0.15, 0.2) is 53.1 Å². The summed E-state index contributed by atoms with van der Waals surface area (Å²) in [5.41, 5.74) is 1.68. The van der Waals surface area contributed by atoms with Gasteiger partial charge in [0.25, 0.3) is 5.91 Å². The highest BCUT2D eigenvalue weighted by Gasteiger charge is 2.19. The Balaban J connectivity index is 1.43. The zero-order chi connectivity index (χ0) is 21.6. The first-order valence-corrected chi connectivity index (χ1v) is 11.0. The molecule has 8 heteroatoms. The smallest absolute Gasteiger partial charge is 0.271 e. The van der Waals surface area contributed by atoms with Gasteiger partial charge in [0.05, 0.1) is 12.0 Å². The molecule has 7 nitrogen and oxygen atoms in total. The lowest BCUT2D eigenvalue weighted by atomic mass is 10.2. The second-order valence-corrected chi connectivity index (χ2v) is 8.02. The molecule has 0 unspecified atom stereocenters. The van der Waals surface area contributed by atoms with Gasteiger partial charge in [0.2, 0.25) is 5.91 Å². The average Bonchev–Trinajstić information content (AvgIpc) is 3.40. The van der Waals surface area contributed by atoms with Crippen molar-refractivity contribution >= 4 is 23.4 Å². The molecule has 1 aliphatic rings. The van der Waals surface area contributed by atoms with Gasteiger partial charge in [0.15, 0.2) is 11.5 Å². The number of benzene rings is 1. The zero-order valence-corrected chi connectivity index (χ0v) is 18.0. The summed E-state index contributed by atoms with van der Waals surface area (Å²) < 4.78 is 7.18. The highest BCUT2D eigenvalue weighted by Crippen LogP contribution is 2.25. The average molecular weight is 441 g/mol. The van der Waals surface area contributed by atoms with Gasteiger partial charge >= 0.3 is 0 Å². The molecule has 2 amide bonds. The molecule has 162 valence electrons. The van der Waals surface area contributed by atoms with Gasteiger partial charge in [-0.25, -0.2) is 4.68 Å². The monoisotopic (exact) mass is 440 g/mol. The first kappa shape index (κ1) is 21.2. The second kappa shape index (κ2) is 9.83. The Morgan fingerprint density at radius 3 is 2.87 bits per heavy atom. The van der Waals surface area contributed by atoms with E-state index in [-0.39, 0.29) is 17.5 Å². The predicted octanol–water partition coefficient (Wildman–Crippen LogP) is 4.31. The van der Waals surface area contributed by atoms with E-state index in [0.29, 0.717) is 42.4 Å². The molecular formula is C23H25ClN4O3. The molecule has 1 N–H and O–H groups in total. The zero-order valence-electron chi connectivity index (χ0n) is 17.2. The van der Waals surface area contributed by atoms with E-state index < -0.39 is 0 Å². The van der Waals surface area contributed by atoms with Crippen LogP contribution in [-0.2, 0) is 4.79 Å². The van der Waals surface area contributed by atoms with Crippen LogP contribution < -0.4 is 5.32 Å². The Labute approximate surface area is 186 Å². The quantitative estimate of drug-likeness (QED) is 0.555. The third-order valence-corrected chi connectivity index (χ3v) is 5.57. The number of halogens is 1. The molecule has 0 saturated carbocycles. The molecule has 0 bridgehead atoms. The summed E-state index contributed by atoms with van der Waals surface area (Å²) in [6, 6.07) is 12.6. The van der Waals surface area contributed by atoms with E-state index in [9.17, 15) is 9.59 Å². The van der Waals surface area contributed by atoms with Crippen LogP contribution in [0.1, 0.15) is 42.6 Å². The maximum absolute atomic E-state index is 12.7. The van der Waals surface area contributed by atoms with Crippen molar-refractivity contribution in [1.82, 2.24) is 20.0 Å². The van der Waals surface area contributed by atoms with Crippen LogP contribution in [0, 0.1) is 0 Å². The summed E-state index contributed by atoms with van der Waals surface area (Å²) in [4.78, 5) is 26.7. The lowest BCUT2D eigenvalue weighted by Crippen LogP contribution is -2.34. The molecule has 0 atom stereocenters. The van der Waals surface area contributed by atoms with Gasteiger partial charge in [-0.05, 0) is 49.6 Å². The van der Waals surface area contributed by atoms with Crippen molar-refractivity contribution < 1.29 is 14.0 Å². The lowest BCUT2D eigenvalue weighted by Gasteiger charge is -2.20. The van der Waals surface area contributed by atoms with E-state index in [1.54, 1.807) is 35.2 Å². The van der Waals surface area contributed by atoms with Crippen molar-refractivity contribution in [1.29, 1.82) is 0 Å². The van der Waals surface area contributed by atoms with Gasteiger partial charge in [0, 0.05) is 37.1 Å². The molecule has 1 aliphatic heterocycles. The third kappa shape index (κ3) is 5.17. The molecule has 0 radical (unpaired) electrons. The molecule has 0 spiro atoms. The van der Waals surface area contributed by atoms with Crippen LogP contribution in [0.5, 0.6) is 0 Å². The first-order chi connectivity index (χ1) is 15.1. The van der Waals surface area contributed by atoms with Crippen molar-refractivity contribution in [3.8, 4) is 17.1 Å². The molecule has 4 rings (SSSR count). The van der Waals surface area contributed by atoms with Crippen LogP contribution in [-0.4, -0.2) is 46.1 Å². The van der Waals surface area contributed by atoms with Crippen molar-refractivity contribution in [3.63, 3.8) is 0 Å². The topological polar surface area (TPSA) is 80.4 Å². The van der Waals surface area contributed by atoms with E-state index in [1.807, 2.05) is 23.1 Å². The fourth-order valence-electron chi connectivity index (χ4n) is 3.73. The summed E-state index contributed by atoms with van der Waals surface area (Å²) in [7, 11) is 0. The van der Waals surface area contributed by atoms with Crippen LogP contribution in [0.2, 0.25) is 5.02 Å². The Hall–Kier alpha value is -3.06. The Morgan fingerprint density at radius 2 is 2.06 bits per heavy atom. The number of hydrogen-bond donors (Lipinski definition) is 1. The van der Waals surface area contributed by atoms with E-state index >= 15 is 0 Å². The molecule has 1 saturated heterocycles. The fourth-order valence-corrected chi connectivity index (χ4v) is 3.92. The highest BCUT2D eigenvalue weighted by molar-refractivity contribution is 6.30. The molecule has 0 aliphatic carbocycles. The van der Waals surface area contributed by atoms with Gasteiger partial charge in [-0.1, -0.05) is 24.1 Å². The van der Waals surface area contributed by atoms with Crippen molar-refractivity contribution in [2.45, 2.75) is 32.1 Å². The van der Waals surface area contributed by atoms with E-state index in [0.717, 1.165) is 31.5 Å². The van der Waals surface area contributed by atoms with Gasteiger partial charge in [-0.2, -0.15) is 5.10 Å². The highest BCUT2D eigenvalue weighted by atomic mass is 35.5. The normalized spacial score (nSPS) is 14.5. The summed E-state index contributed by atoms with van der Waals surface area (Å²) >= 11 is 6.14. The molecule has 31 heavy (non-hydrogen) atoms. The molecule has 1 aromatic carbocycles. The van der Waals surface area contributed by atoms with Gasteiger partial charge in [-0.15, -0.1) is 0 Å². The van der Waals surface area contributed by atoms with Crippen LogP contribution in [0.4, 0.5) is 0 Å². The summed E-state index contributed by atoms with van der Waals surface area (Å²) in [5, 5.41) is 7.98. The van der Waals surface area contributed by atoms with E-state index in [1.165, 1.54) is 0 Å². The number of likely N-dealkylation sites (tertiary alicyclic amines) is 1. The number of furan rings is 1. The van der Waals surface area contributed by atoms with E-state index in [2.05, 4.69) is 10.4 Å². The van der Waals surface area contributed by atoms with Crippen LogP contribution in [0.3, 0.4) is 0 Å². The van der Waals surface area contributed by atoms with Crippen LogP contribution in [0.25, 0.3) is 17.1 Å². The number of aromatic nitrogens is 2. The van der Waals surface area contributed by atoms with Crippen molar-refractivity contribution in [2.24, 2.45) is 0 Å². The molecular weight excluding hydrogens is 416 g/mol. The number of rotatable bonds is 7. The summed E-state index contributed by atoms with van der Waals surface area (Å²) in [6.07, 6.45) is 6.04.